The van der Waals surface area contributed by atoms with Gasteiger partial charge in [0.2, 0.25) is 5.91 Å². The van der Waals surface area contributed by atoms with Crippen molar-refractivity contribution in [2.45, 2.75) is 76.2 Å². The maximum Gasteiger partial charge on any atom is 0.410 e. The summed E-state index contributed by atoms with van der Waals surface area (Å²) in [5.74, 6) is -0.560. The van der Waals surface area contributed by atoms with Crippen molar-refractivity contribution in [2.24, 2.45) is 5.92 Å². The second-order valence-electron chi connectivity index (χ2n) is 11.0. The zero-order valence-corrected chi connectivity index (χ0v) is 24.4. The number of allylic oxidation sites excluding steroid dienone is 1. The third-order valence-corrected chi connectivity index (χ3v) is 9.18. The Morgan fingerprint density at radius 3 is 2.76 bits per heavy atom. The minimum atomic E-state index is -0.821. The SMILES string of the molecule is C=CCCc1csc(N[C@H](C(=O)N2C[C@H](OC(=O)N3Cc4cccc(C=C)c4C3)C[C@H]2C(=O)OC)C2CCCC2)n1. The molecule has 41 heavy (non-hydrogen) atoms. The van der Waals surface area contributed by atoms with E-state index in [-0.39, 0.29) is 24.8 Å². The van der Waals surface area contributed by atoms with Gasteiger partial charge in [-0.1, -0.05) is 49.8 Å². The van der Waals surface area contributed by atoms with Crippen molar-refractivity contribution in [3.63, 3.8) is 0 Å². The highest BCUT2D eigenvalue weighted by Crippen LogP contribution is 2.34. The topological polar surface area (TPSA) is 101 Å². The molecule has 5 rings (SSSR count). The molecule has 0 radical (unpaired) electrons. The molecule has 3 atom stereocenters. The lowest BCUT2D eigenvalue weighted by molar-refractivity contribution is -0.151. The molecule has 2 amide bonds. The van der Waals surface area contributed by atoms with Gasteiger partial charge in [0.15, 0.2) is 5.13 Å². The van der Waals surface area contributed by atoms with E-state index in [0.29, 0.717) is 18.2 Å². The van der Waals surface area contributed by atoms with Gasteiger partial charge in [-0.05, 0) is 48.3 Å². The number of methoxy groups -OCH3 is 1. The standard InChI is InChI=1S/C31H38N4O5S/c1-4-6-14-23-19-41-30(32-23)33-27(21-10-7-8-11-21)28(36)35-17-24(15-26(35)29(37)39-3)40-31(38)34-16-22-13-9-12-20(5-2)25(22)18-34/h4-5,9,12-13,19,21,24,26-27H,1-2,6-8,10-11,14-18H2,3H3,(H,32,33)/t24-,26+,27+/m1/s1. The Hall–Kier alpha value is -3.66. The summed E-state index contributed by atoms with van der Waals surface area (Å²) in [6.45, 7) is 8.66. The molecule has 9 nitrogen and oxygen atoms in total. The molecule has 2 aliphatic heterocycles. The van der Waals surface area contributed by atoms with Crippen molar-refractivity contribution in [3.05, 3.63) is 65.2 Å². The molecule has 0 spiro atoms. The van der Waals surface area contributed by atoms with E-state index in [1.807, 2.05) is 29.7 Å². The van der Waals surface area contributed by atoms with Crippen LogP contribution in [-0.4, -0.2) is 64.6 Å². The Morgan fingerprint density at radius 2 is 2.02 bits per heavy atom. The van der Waals surface area contributed by atoms with E-state index in [9.17, 15) is 14.4 Å². The predicted octanol–water partition coefficient (Wildman–Crippen LogP) is 5.17. The number of rotatable bonds is 10. The molecular formula is C31H38N4O5S. The van der Waals surface area contributed by atoms with Gasteiger partial charge in [-0.2, -0.15) is 0 Å². The third kappa shape index (κ3) is 6.32. The Kier molecular flexibility index (Phi) is 9.07. The number of thiazole rings is 1. The predicted molar refractivity (Wildman–Crippen MR) is 158 cm³/mol. The van der Waals surface area contributed by atoms with Crippen molar-refractivity contribution in [1.29, 1.82) is 0 Å². The second-order valence-corrected chi connectivity index (χ2v) is 11.8. The van der Waals surface area contributed by atoms with E-state index >= 15 is 0 Å². The third-order valence-electron chi connectivity index (χ3n) is 8.36. The Bertz CT molecular complexity index is 1300. The quantitative estimate of drug-likeness (QED) is 0.307. The minimum absolute atomic E-state index is 0.130. The van der Waals surface area contributed by atoms with Gasteiger partial charge in [0.1, 0.15) is 18.2 Å². The molecule has 1 aliphatic carbocycles. The second kappa shape index (κ2) is 12.9. The van der Waals surface area contributed by atoms with Crippen molar-refractivity contribution in [3.8, 4) is 0 Å². The fraction of sp³-hybridized carbons (Fsp3) is 0.484. The molecule has 1 saturated carbocycles. The number of esters is 1. The number of amides is 2. The van der Waals surface area contributed by atoms with E-state index in [4.69, 9.17) is 9.47 Å². The van der Waals surface area contributed by atoms with Gasteiger partial charge in [-0.25, -0.2) is 14.6 Å². The van der Waals surface area contributed by atoms with Crippen molar-refractivity contribution >= 4 is 40.5 Å². The number of likely N-dealkylation sites (tertiary alicyclic amines) is 1. The number of aryl methyl sites for hydroxylation is 1. The molecule has 3 aliphatic rings. The average Bonchev–Trinajstić information content (AvgIpc) is 3.80. The average molecular weight is 579 g/mol. The van der Waals surface area contributed by atoms with Crippen LogP contribution in [0.15, 0.2) is 42.8 Å². The number of fused-ring (bicyclic) bond motifs is 1. The summed E-state index contributed by atoms with van der Waals surface area (Å²) in [5, 5.41) is 6.10. The lowest BCUT2D eigenvalue weighted by Crippen LogP contribution is -2.50. The molecule has 0 unspecified atom stereocenters. The molecule has 1 saturated heterocycles. The Labute approximate surface area is 245 Å². The first-order valence-electron chi connectivity index (χ1n) is 14.3. The Balaban J connectivity index is 1.29. The number of hydrogen-bond donors (Lipinski definition) is 1. The first-order chi connectivity index (χ1) is 19.9. The fourth-order valence-electron chi connectivity index (χ4n) is 6.19. The molecule has 0 bridgehead atoms. The number of anilines is 1. The van der Waals surface area contributed by atoms with E-state index in [0.717, 1.165) is 60.9 Å². The number of carbonyl (C=O) groups is 3. The smallest absolute Gasteiger partial charge is 0.410 e. The zero-order valence-electron chi connectivity index (χ0n) is 23.5. The van der Waals surface area contributed by atoms with Gasteiger partial charge in [0, 0.05) is 18.3 Å². The molecule has 10 heteroatoms. The van der Waals surface area contributed by atoms with Gasteiger partial charge < -0.3 is 19.7 Å². The minimum Gasteiger partial charge on any atom is -0.467 e. The van der Waals surface area contributed by atoms with E-state index in [1.165, 1.54) is 18.4 Å². The van der Waals surface area contributed by atoms with Gasteiger partial charge in [0.25, 0.3) is 0 Å². The van der Waals surface area contributed by atoms with Crippen LogP contribution in [0.25, 0.3) is 6.08 Å². The van der Waals surface area contributed by atoms with Crippen LogP contribution in [0.3, 0.4) is 0 Å². The van der Waals surface area contributed by atoms with Crippen LogP contribution in [0.5, 0.6) is 0 Å². The maximum atomic E-state index is 14.1. The van der Waals surface area contributed by atoms with Crippen LogP contribution in [0.2, 0.25) is 0 Å². The van der Waals surface area contributed by atoms with Crippen LogP contribution < -0.4 is 5.32 Å². The van der Waals surface area contributed by atoms with E-state index in [1.54, 1.807) is 15.9 Å². The number of hydrogen-bond acceptors (Lipinski definition) is 8. The van der Waals surface area contributed by atoms with E-state index < -0.39 is 30.3 Å². The summed E-state index contributed by atoms with van der Waals surface area (Å²) in [5.41, 5.74) is 4.09. The number of benzene rings is 1. The summed E-state index contributed by atoms with van der Waals surface area (Å²) in [6, 6.07) is 4.58. The number of carbonyl (C=O) groups excluding carboxylic acids is 3. The van der Waals surface area contributed by atoms with Gasteiger partial charge in [-0.3, -0.25) is 9.69 Å². The zero-order chi connectivity index (χ0) is 28.9. The maximum absolute atomic E-state index is 14.1. The molecule has 2 fully saturated rings. The van der Waals surface area contributed by atoms with Crippen LogP contribution in [0.1, 0.15) is 60.9 Å². The lowest BCUT2D eigenvalue weighted by atomic mass is 9.96. The highest BCUT2D eigenvalue weighted by atomic mass is 32.1. The normalized spacial score (nSPS) is 20.9. The molecule has 2 aromatic rings. The molecule has 1 N–H and O–H groups in total. The number of ether oxygens (including phenoxy) is 2. The van der Waals surface area contributed by atoms with Crippen LogP contribution in [0.4, 0.5) is 9.93 Å². The molecular weight excluding hydrogens is 540 g/mol. The summed E-state index contributed by atoms with van der Waals surface area (Å²) >= 11 is 1.48. The summed E-state index contributed by atoms with van der Waals surface area (Å²) in [6.07, 6.45) is 8.38. The van der Waals surface area contributed by atoms with Gasteiger partial charge >= 0.3 is 12.1 Å². The number of aromatic nitrogens is 1. The molecule has 3 heterocycles. The molecule has 218 valence electrons. The van der Waals surface area contributed by atoms with Crippen molar-refractivity contribution in [2.75, 3.05) is 19.0 Å². The molecule has 1 aromatic carbocycles. The largest absolute Gasteiger partial charge is 0.467 e. The first kappa shape index (κ1) is 28.9. The highest BCUT2D eigenvalue weighted by molar-refractivity contribution is 7.13. The Morgan fingerprint density at radius 1 is 1.22 bits per heavy atom. The highest BCUT2D eigenvalue weighted by Gasteiger charge is 2.46. The number of nitrogens with zero attached hydrogens (tertiary/aromatic N) is 3. The van der Waals surface area contributed by atoms with Gasteiger partial charge in [0.05, 0.1) is 25.9 Å². The number of nitrogens with one attached hydrogen (secondary N) is 1. The van der Waals surface area contributed by atoms with Gasteiger partial charge in [-0.15, -0.1) is 17.9 Å². The fourth-order valence-corrected chi connectivity index (χ4v) is 6.98. The molecule has 1 aromatic heterocycles. The van der Waals surface area contributed by atoms with Crippen LogP contribution >= 0.6 is 11.3 Å². The summed E-state index contributed by atoms with van der Waals surface area (Å²) < 4.78 is 11.0. The summed E-state index contributed by atoms with van der Waals surface area (Å²) in [7, 11) is 1.32. The van der Waals surface area contributed by atoms with Crippen molar-refractivity contribution in [1.82, 2.24) is 14.8 Å². The monoisotopic (exact) mass is 578 g/mol. The van der Waals surface area contributed by atoms with Crippen LogP contribution in [0, 0.1) is 5.92 Å². The van der Waals surface area contributed by atoms with E-state index in [2.05, 4.69) is 23.5 Å². The van der Waals surface area contributed by atoms with Crippen LogP contribution in [-0.2, 0) is 38.6 Å². The summed E-state index contributed by atoms with van der Waals surface area (Å²) in [4.78, 5) is 48.0. The van der Waals surface area contributed by atoms with Crippen molar-refractivity contribution < 1.29 is 23.9 Å². The lowest BCUT2D eigenvalue weighted by Gasteiger charge is -2.30. The first-order valence-corrected chi connectivity index (χ1v) is 15.2.